The van der Waals surface area contributed by atoms with Crippen LogP contribution in [0.5, 0.6) is 0 Å². The van der Waals surface area contributed by atoms with E-state index in [-0.39, 0.29) is 11.4 Å². The summed E-state index contributed by atoms with van der Waals surface area (Å²) in [5, 5.41) is 23.5. The predicted molar refractivity (Wildman–Crippen MR) is 80.2 cm³/mol. The molecule has 118 valence electrons. The van der Waals surface area contributed by atoms with Gasteiger partial charge in [-0.3, -0.25) is 10.1 Å². The average molecular weight is 316 g/mol. The molecule has 8 heteroatoms. The summed E-state index contributed by atoms with van der Waals surface area (Å²) < 4.78 is 23.2. The number of nitro groups is 1. The highest BCUT2D eigenvalue weighted by atomic mass is 32.2. The number of hydrogen-bond donors (Lipinski definition) is 2. The Bertz CT molecular complexity index is 613. The first-order chi connectivity index (χ1) is 9.61. The average Bonchev–Trinajstić information content (AvgIpc) is 2.34. The van der Waals surface area contributed by atoms with E-state index >= 15 is 0 Å². The van der Waals surface area contributed by atoms with Gasteiger partial charge in [0.1, 0.15) is 4.90 Å². The first-order valence-corrected chi connectivity index (χ1v) is 8.41. The van der Waals surface area contributed by atoms with Crippen LogP contribution in [0.4, 0.5) is 11.4 Å². The van der Waals surface area contributed by atoms with E-state index in [2.05, 4.69) is 5.32 Å². The summed E-state index contributed by atoms with van der Waals surface area (Å²) in [6.07, 6.45) is 0.966. The number of nitro benzene ring substituents is 1. The fourth-order valence-corrected chi connectivity index (χ4v) is 2.80. The smallest absolute Gasteiger partial charge is 0.288 e. The van der Waals surface area contributed by atoms with Crippen molar-refractivity contribution in [3.05, 3.63) is 28.3 Å². The number of hydrogen-bond acceptors (Lipinski definition) is 6. The van der Waals surface area contributed by atoms with Crippen molar-refractivity contribution in [2.24, 2.45) is 5.92 Å². The normalized spacial score (nSPS) is 13.2. The van der Waals surface area contributed by atoms with Gasteiger partial charge in [-0.15, -0.1) is 0 Å². The summed E-state index contributed by atoms with van der Waals surface area (Å²) in [4.78, 5) is 9.78. The van der Waals surface area contributed by atoms with Crippen LogP contribution in [0.15, 0.2) is 23.1 Å². The van der Waals surface area contributed by atoms with E-state index in [9.17, 15) is 23.6 Å². The fourth-order valence-electron chi connectivity index (χ4n) is 1.94. The van der Waals surface area contributed by atoms with Gasteiger partial charge in [-0.25, -0.2) is 8.42 Å². The molecule has 7 nitrogen and oxygen atoms in total. The molecule has 0 fully saturated rings. The molecule has 21 heavy (non-hydrogen) atoms. The SMILES string of the molecule is CC(C)CC(O)CNc1ccc([N+](=O)[O-])c(S(C)(=O)=O)c1. The summed E-state index contributed by atoms with van der Waals surface area (Å²) in [6.45, 7) is 4.22. The van der Waals surface area contributed by atoms with Gasteiger partial charge in [0.2, 0.25) is 0 Å². The van der Waals surface area contributed by atoms with Gasteiger partial charge in [0.15, 0.2) is 9.84 Å². The number of nitrogens with one attached hydrogen (secondary N) is 1. The third-order valence-corrected chi connectivity index (χ3v) is 3.97. The van der Waals surface area contributed by atoms with Crippen molar-refractivity contribution in [2.45, 2.75) is 31.3 Å². The molecule has 1 atom stereocenters. The molecular weight excluding hydrogens is 296 g/mol. The monoisotopic (exact) mass is 316 g/mol. The van der Waals surface area contributed by atoms with Crippen molar-refractivity contribution in [1.29, 1.82) is 0 Å². The van der Waals surface area contributed by atoms with Gasteiger partial charge < -0.3 is 10.4 Å². The first kappa shape index (κ1) is 17.4. The van der Waals surface area contributed by atoms with Crippen molar-refractivity contribution >= 4 is 21.2 Å². The quantitative estimate of drug-likeness (QED) is 0.586. The lowest BCUT2D eigenvalue weighted by Gasteiger charge is -2.15. The molecule has 0 bridgehead atoms. The predicted octanol–water partition coefficient (Wildman–Crippen LogP) is 1.82. The Morgan fingerprint density at radius 3 is 2.48 bits per heavy atom. The second kappa shape index (κ2) is 6.86. The Labute approximate surface area is 124 Å². The van der Waals surface area contributed by atoms with Crippen LogP contribution < -0.4 is 5.32 Å². The van der Waals surface area contributed by atoms with Crippen LogP contribution in [0.3, 0.4) is 0 Å². The molecule has 0 radical (unpaired) electrons. The first-order valence-electron chi connectivity index (χ1n) is 6.51. The maximum Gasteiger partial charge on any atom is 0.288 e. The van der Waals surface area contributed by atoms with Gasteiger partial charge in [0, 0.05) is 24.6 Å². The molecule has 0 saturated carbocycles. The molecule has 0 aliphatic heterocycles. The lowest BCUT2D eigenvalue weighted by molar-refractivity contribution is -0.387. The van der Waals surface area contributed by atoms with Crippen LogP contribution in [-0.2, 0) is 9.84 Å². The molecule has 2 N–H and O–H groups in total. The van der Waals surface area contributed by atoms with Gasteiger partial charge in [0.05, 0.1) is 11.0 Å². The maximum absolute atomic E-state index is 11.6. The molecule has 0 heterocycles. The Balaban J connectivity index is 2.94. The topological polar surface area (TPSA) is 110 Å². The summed E-state index contributed by atoms with van der Waals surface area (Å²) in [6, 6.07) is 3.79. The van der Waals surface area contributed by atoms with E-state index in [1.807, 2.05) is 13.8 Å². The maximum atomic E-state index is 11.6. The summed E-state index contributed by atoms with van der Waals surface area (Å²) in [7, 11) is -3.70. The Kier molecular flexibility index (Phi) is 5.68. The second-order valence-corrected chi connectivity index (χ2v) is 7.36. The van der Waals surface area contributed by atoms with E-state index in [1.165, 1.54) is 12.1 Å². The molecule has 1 unspecified atom stereocenters. The van der Waals surface area contributed by atoms with E-state index < -0.39 is 26.6 Å². The van der Waals surface area contributed by atoms with E-state index in [4.69, 9.17) is 0 Å². The Hall–Kier alpha value is -1.67. The number of anilines is 1. The lowest BCUT2D eigenvalue weighted by Crippen LogP contribution is -2.21. The van der Waals surface area contributed by atoms with Crippen molar-refractivity contribution in [3.63, 3.8) is 0 Å². The molecule has 0 spiro atoms. The van der Waals surface area contributed by atoms with E-state index in [0.29, 0.717) is 18.0 Å². The van der Waals surface area contributed by atoms with Crippen LogP contribution in [0.2, 0.25) is 0 Å². The van der Waals surface area contributed by atoms with Gasteiger partial charge >= 0.3 is 0 Å². The third kappa shape index (κ3) is 5.31. The standard InChI is InChI=1S/C13H20N2O5S/c1-9(2)6-11(16)8-14-10-4-5-12(15(17)18)13(7-10)21(3,19)20/h4-5,7,9,11,14,16H,6,8H2,1-3H3. The minimum absolute atomic E-state index is 0.249. The van der Waals surface area contributed by atoms with Gasteiger partial charge in [-0.05, 0) is 24.5 Å². The van der Waals surface area contributed by atoms with Crippen molar-refractivity contribution in [3.8, 4) is 0 Å². The summed E-state index contributed by atoms with van der Waals surface area (Å²) >= 11 is 0. The Morgan fingerprint density at radius 2 is 2.00 bits per heavy atom. The molecule has 1 aromatic carbocycles. The molecule has 1 rings (SSSR count). The zero-order valence-corrected chi connectivity index (χ0v) is 13.1. The number of sulfone groups is 1. The highest BCUT2D eigenvalue weighted by Crippen LogP contribution is 2.27. The molecule has 0 aromatic heterocycles. The minimum Gasteiger partial charge on any atom is -0.391 e. The van der Waals surface area contributed by atoms with Gasteiger partial charge in [0.25, 0.3) is 5.69 Å². The zero-order chi connectivity index (χ0) is 16.2. The molecule has 0 amide bonds. The fraction of sp³-hybridized carbons (Fsp3) is 0.538. The highest BCUT2D eigenvalue weighted by Gasteiger charge is 2.22. The largest absolute Gasteiger partial charge is 0.391 e. The van der Waals surface area contributed by atoms with Crippen LogP contribution in [0.25, 0.3) is 0 Å². The van der Waals surface area contributed by atoms with Gasteiger partial charge in [-0.1, -0.05) is 13.8 Å². The van der Waals surface area contributed by atoms with E-state index in [1.54, 1.807) is 0 Å². The number of rotatable bonds is 7. The van der Waals surface area contributed by atoms with Crippen molar-refractivity contribution in [1.82, 2.24) is 0 Å². The Morgan fingerprint density at radius 1 is 1.38 bits per heavy atom. The third-order valence-electron chi connectivity index (χ3n) is 2.84. The number of aliphatic hydroxyl groups excluding tert-OH is 1. The van der Waals surface area contributed by atoms with Crippen LogP contribution in [-0.4, -0.2) is 37.4 Å². The molecule has 0 saturated heterocycles. The second-order valence-electron chi connectivity index (χ2n) is 5.38. The molecule has 0 aliphatic carbocycles. The summed E-state index contributed by atoms with van der Waals surface area (Å²) in [5.74, 6) is 0.338. The van der Waals surface area contributed by atoms with Crippen LogP contribution >= 0.6 is 0 Å². The van der Waals surface area contributed by atoms with Crippen molar-refractivity contribution < 1.29 is 18.4 Å². The molecule has 1 aromatic rings. The highest BCUT2D eigenvalue weighted by molar-refractivity contribution is 7.90. The zero-order valence-electron chi connectivity index (χ0n) is 12.2. The van der Waals surface area contributed by atoms with Crippen LogP contribution in [0, 0.1) is 16.0 Å². The lowest BCUT2D eigenvalue weighted by atomic mass is 10.1. The number of benzene rings is 1. The van der Waals surface area contributed by atoms with E-state index in [0.717, 1.165) is 12.3 Å². The van der Waals surface area contributed by atoms with Crippen LogP contribution in [0.1, 0.15) is 20.3 Å². The molecular formula is C13H20N2O5S. The summed E-state index contributed by atoms with van der Waals surface area (Å²) in [5.41, 5.74) is -0.0328. The minimum atomic E-state index is -3.70. The molecule has 0 aliphatic rings. The van der Waals surface area contributed by atoms with Crippen molar-refractivity contribution in [2.75, 3.05) is 18.1 Å². The van der Waals surface area contributed by atoms with Gasteiger partial charge in [-0.2, -0.15) is 0 Å². The number of nitrogens with zero attached hydrogens (tertiary/aromatic N) is 1. The number of aliphatic hydroxyl groups is 1.